The number of hydrogen-bond acceptors (Lipinski definition) is 1. The summed E-state index contributed by atoms with van der Waals surface area (Å²) in [6.45, 7) is 0. The number of rotatable bonds is 1. The first-order chi connectivity index (χ1) is 2.27. The molecule has 0 radical (unpaired) electrons. The van der Waals surface area contributed by atoms with Gasteiger partial charge in [0.15, 0.2) is 0 Å². The first-order valence-electron chi connectivity index (χ1n) is 1.28. The van der Waals surface area contributed by atoms with Crippen LogP contribution in [0.1, 0.15) is 0 Å². The van der Waals surface area contributed by atoms with E-state index in [1.54, 1.807) is 0 Å². The number of carbonyl (C=O) groups is 1. The van der Waals surface area contributed by atoms with Crippen molar-refractivity contribution < 1.29 is 36.0 Å². The molecule has 24 valence electrons. The van der Waals surface area contributed by atoms with E-state index >= 15 is 0 Å². The van der Waals surface area contributed by atoms with Crippen molar-refractivity contribution >= 4 is 5.97 Å². The van der Waals surface area contributed by atoms with Gasteiger partial charge in [-0.2, -0.15) is 0 Å². The normalized spacial score (nSPS) is 7.60. The maximum absolute atomic E-state index is 9.42. The summed E-state index contributed by atoms with van der Waals surface area (Å²) in [6, 6.07) is 0. The third-order valence-corrected chi connectivity index (χ3v) is 1.88. The van der Waals surface area contributed by atoms with E-state index in [0.29, 0.717) is 30.1 Å². The molecule has 0 aromatic heterocycles. The van der Waals surface area contributed by atoms with Gasteiger partial charge in [-0.15, -0.1) is 0 Å². The summed E-state index contributed by atoms with van der Waals surface area (Å²) in [6.07, 6.45) is 0. The van der Waals surface area contributed by atoms with Crippen molar-refractivity contribution in [1.29, 1.82) is 0 Å². The molecule has 0 aromatic rings. The van der Waals surface area contributed by atoms with Gasteiger partial charge in [0.05, 0.1) is 0 Å². The SMILES string of the molecule is O=C(O)[CH2][Hg+]. The van der Waals surface area contributed by atoms with Crippen LogP contribution in [-0.4, -0.2) is 11.1 Å². The second kappa shape index (κ2) is 2.63. The molecule has 2 nitrogen and oxygen atoms in total. The number of carboxylic acids is 1. The first kappa shape index (κ1) is 5.41. The summed E-state index contributed by atoms with van der Waals surface area (Å²) >= 11 is 0.444. The van der Waals surface area contributed by atoms with Crippen molar-refractivity contribution in [1.82, 2.24) is 0 Å². The van der Waals surface area contributed by atoms with Crippen LogP contribution in [0.4, 0.5) is 0 Å². The molecule has 0 heterocycles. The van der Waals surface area contributed by atoms with E-state index in [1.807, 2.05) is 0 Å². The van der Waals surface area contributed by atoms with E-state index in [-0.39, 0.29) is 0 Å². The van der Waals surface area contributed by atoms with E-state index in [9.17, 15) is 4.79 Å². The molecule has 0 aliphatic heterocycles. The Kier molecular flexibility index (Phi) is 2.85. The Balaban J connectivity index is 2.85. The van der Waals surface area contributed by atoms with E-state index in [0.717, 1.165) is 0 Å². The van der Waals surface area contributed by atoms with Gasteiger partial charge in [0.25, 0.3) is 0 Å². The van der Waals surface area contributed by atoms with Gasteiger partial charge in [0, 0.05) is 0 Å². The van der Waals surface area contributed by atoms with Crippen molar-refractivity contribution in [3.8, 4) is 0 Å². The fraction of sp³-hybridized carbons (Fsp3) is 0.500. The zero-order chi connectivity index (χ0) is 4.28. The fourth-order valence-electron chi connectivity index (χ4n) is 0. The second-order valence-corrected chi connectivity index (χ2v) is 2.59. The number of hydrogen-bond donors (Lipinski definition) is 1. The van der Waals surface area contributed by atoms with E-state index in [1.165, 1.54) is 0 Å². The maximum atomic E-state index is 9.42. The molecule has 0 aliphatic rings. The Hall–Kier alpha value is 0.405. The van der Waals surface area contributed by atoms with Crippen molar-refractivity contribution in [2.45, 2.75) is 3.93 Å². The zero-order valence-corrected chi connectivity index (χ0v) is 8.27. The Morgan fingerprint density at radius 2 is 2.20 bits per heavy atom. The minimum atomic E-state index is -0.659. The molecule has 0 aromatic carbocycles. The van der Waals surface area contributed by atoms with E-state index in [2.05, 4.69) is 0 Å². The average Bonchev–Trinajstić information content (AvgIpc) is 1.38. The molecule has 0 saturated heterocycles. The molecule has 0 saturated carbocycles. The Morgan fingerprint density at radius 1 is 2.00 bits per heavy atom. The summed E-state index contributed by atoms with van der Waals surface area (Å²) in [7, 11) is 0. The monoisotopic (exact) mass is 261 g/mol. The quantitative estimate of drug-likeness (QED) is 0.675. The van der Waals surface area contributed by atoms with Crippen LogP contribution in [-0.2, 0) is 30.9 Å². The van der Waals surface area contributed by atoms with Gasteiger partial charge in [-0.1, -0.05) is 0 Å². The van der Waals surface area contributed by atoms with Crippen molar-refractivity contribution in [3.05, 3.63) is 0 Å². The molecule has 0 atom stereocenters. The molecule has 0 amide bonds. The van der Waals surface area contributed by atoms with Gasteiger partial charge in [-0.25, -0.2) is 0 Å². The molecule has 0 aliphatic carbocycles. The predicted molar refractivity (Wildman–Crippen MR) is 12.4 cm³/mol. The minimum absolute atomic E-state index is 0.417. The van der Waals surface area contributed by atoms with Crippen molar-refractivity contribution in [2.24, 2.45) is 0 Å². The molecular weight excluding hydrogens is 257 g/mol. The molecule has 0 spiro atoms. The van der Waals surface area contributed by atoms with Gasteiger partial charge in [-0.3, -0.25) is 0 Å². The second-order valence-electron chi connectivity index (χ2n) is 0.644. The first-order valence-corrected chi connectivity index (χ1v) is 5.17. The van der Waals surface area contributed by atoms with Crippen molar-refractivity contribution in [3.63, 3.8) is 0 Å². The van der Waals surface area contributed by atoms with Crippen LogP contribution in [0.25, 0.3) is 0 Å². The molecular formula is C2H3HgO2+. The van der Waals surface area contributed by atoms with Gasteiger partial charge in [-0.05, 0) is 0 Å². The molecule has 3 heteroatoms. The molecule has 1 N–H and O–H groups in total. The summed E-state index contributed by atoms with van der Waals surface area (Å²) in [5.41, 5.74) is 0. The molecule has 0 rings (SSSR count). The number of carboxylic acid groups (broad SMARTS) is 1. The van der Waals surface area contributed by atoms with Crippen LogP contribution in [0, 0.1) is 0 Å². The average molecular weight is 260 g/mol. The van der Waals surface area contributed by atoms with E-state index in [4.69, 9.17) is 5.11 Å². The predicted octanol–water partition coefficient (Wildman–Crippen LogP) is 0.0361. The summed E-state index contributed by atoms with van der Waals surface area (Å²) < 4.78 is 0.417. The summed E-state index contributed by atoms with van der Waals surface area (Å²) in [5.74, 6) is -0.659. The van der Waals surface area contributed by atoms with Gasteiger partial charge >= 0.3 is 45.9 Å². The van der Waals surface area contributed by atoms with Crippen LogP contribution in [0.15, 0.2) is 0 Å². The molecule has 0 bridgehead atoms. The van der Waals surface area contributed by atoms with Crippen LogP contribution < -0.4 is 0 Å². The molecule has 5 heavy (non-hydrogen) atoms. The van der Waals surface area contributed by atoms with Crippen LogP contribution in [0.3, 0.4) is 0 Å². The molecule has 0 fully saturated rings. The van der Waals surface area contributed by atoms with E-state index < -0.39 is 5.97 Å². The Bertz CT molecular complexity index is 42.9. The Labute approximate surface area is 46.2 Å². The summed E-state index contributed by atoms with van der Waals surface area (Å²) in [5, 5.41) is 7.77. The molecule has 0 unspecified atom stereocenters. The zero-order valence-electron chi connectivity index (χ0n) is 2.77. The van der Waals surface area contributed by atoms with Crippen molar-refractivity contribution in [2.75, 3.05) is 0 Å². The van der Waals surface area contributed by atoms with Crippen LogP contribution >= 0.6 is 0 Å². The van der Waals surface area contributed by atoms with Gasteiger partial charge in [0.1, 0.15) is 0 Å². The fourth-order valence-corrected chi connectivity index (χ4v) is 0. The van der Waals surface area contributed by atoms with Gasteiger partial charge < -0.3 is 0 Å². The number of aliphatic carboxylic acids is 1. The van der Waals surface area contributed by atoms with Crippen LogP contribution in [0.5, 0.6) is 0 Å². The standard InChI is InChI=1S/C2H3O2.Hg/c1-2(3)4;/h1H2,(H,3,4);/q;+1. The van der Waals surface area contributed by atoms with Gasteiger partial charge in [0.2, 0.25) is 0 Å². The van der Waals surface area contributed by atoms with Crippen LogP contribution in [0.2, 0.25) is 3.93 Å². The topological polar surface area (TPSA) is 37.3 Å². The summed E-state index contributed by atoms with van der Waals surface area (Å²) in [4.78, 5) is 9.42. The third kappa shape index (κ3) is 4.41. The Morgan fingerprint density at radius 3 is 2.20 bits per heavy atom. The third-order valence-electron chi connectivity index (χ3n) is 0.214.